The van der Waals surface area contributed by atoms with Gasteiger partial charge in [0, 0.05) is 28.4 Å². The Balaban J connectivity index is 0.00000101. The maximum Gasteiger partial charge on any atom is 0.0881 e. The van der Waals surface area contributed by atoms with Crippen LogP contribution in [0.5, 0.6) is 0 Å². The molecule has 0 saturated heterocycles. The monoisotopic (exact) mass is 694 g/mol. The van der Waals surface area contributed by atoms with E-state index in [0.29, 0.717) is 0 Å². The van der Waals surface area contributed by atoms with Crippen LogP contribution in [-0.2, 0) is 0 Å². The Labute approximate surface area is 319 Å². The smallest absolute Gasteiger partial charge is 0.0881 e. The lowest BCUT2D eigenvalue weighted by molar-refractivity contribution is 1.09. The number of rotatable bonds is 9. The van der Waals surface area contributed by atoms with E-state index < -0.39 is 0 Å². The first-order chi connectivity index (χ1) is 26.0. The largest absolute Gasteiger partial charge is 0.310 e. The molecule has 0 aliphatic rings. The van der Waals surface area contributed by atoms with Crippen LogP contribution in [0.4, 0.5) is 22.7 Å². The van der Waals surface area contributed by atoms with E-state index in [1.807, 2.05) is 26.0 Å². The summed E-state index contributed by atoms with van der Waals surface area (Å²) in [6, 6.07) is 49.4. The standard InChI is InChI=1S/C44H38N2.C3H8.C2H6.C2H2/c1-5-34(4)45(43-29-25-36-16-10-12-18-38(36)31-43)40(6-2)22-14-15-33(3)35-23-27-42(28-24-35)46(41-20-8-7-9-21-41)44-30-26-37-17-11-13-19-39(37)32-44;1-3-2;2*1-2/h5-21,23-32H,2H2,1,3-4H3;3H2,1-2H3;1-2H3;1-2H/b33-15+,34-5+;;;. The van der Waals surface area contributed by atoms with Crippen LogP contribution in [0.1, 0.15) is 60.5 Å². The third-order valence-electron chi connectivity index (χ3n) is 8.35. The lowest BCUT2D eigenvalue weighted by Gasteiger charge is -2.26. The molecule has 0 radical (unpaired) electrons. The number of fused-ring (bicyclic) bond motifs is 2. The van der Waals surface area contributed by atoms with E-state index in [1.165, 1.54) is 28.0 Å². The van der Waals surface area contributed by atoms with Crippen LogP contribution in [0.25, 0.3) is 27.1 Å². The Morgan fingerprint density at radius 2 is 1.08 bits per heavy atom. The lowest BCUT2D eigenvalue weighted by Crippen LogP contribution is -2.18. The van der Waals surface area contributed by atoms with Crippen molar-refractivity contribution in [2.24, 2.45) is 0 Å². The Bertz CT molecular complexity index is 2190. The second-order valence-electron chi connectivity index (χ2n) is 12.0. The van der Waals surface area contributed by atoms with Crippen molar-refractivity contribution < 1.29 is 0 Å². The second kappa shape index (κ2) is 21.8. The van der Waals surface area contributed by atoms with Crippen molar-refractivity contribution in [2.45, 2.75) is 54.9 Å². The van der Waals surface area contributed by atoms with Crippen molar-refractivity contribution in [2.75, 3.05) is 9.80 Å². The zero-order valence-electron chi connectivity index (χ0n) is 32.6. The predicted molar refractivity (Wildman–Crippen MR) is 237 cm³/mol. The first-order valence-corrected chi connectivity index (χ1v) is 18.4. The molecule has 0 aromatic heterocycles. The predicted octanol–water partition coefficient (Wildman–Crippen LogP) is 15.2. The molecule has 0 spiro atoms. The summed E-state index contributed by atoms with van der Waals surface area (Å²) in [5.41, 5.74) is 12.2. The number of nitrogens with zero attached hydrogens (tertiary/aromatic N) is 2. The maximum absolute atomic E-state index is 4.12. The van der Waals surface area contributed by atoms with E-state index in [4.69, 9.17) is 0 Å². The van der Waals surface area contributed by atoms with Crippen LogP contribution in [0.3, 0.4) is 0 Å². The number of para-hydroxylation sites is 1. The molecule has 0 amide bonds. The number of benzene rings is 6. The molecule has 2 nitrogen and oxygen atoms in total. The van der Waals surface area contributed by atoms with Gasteiger partial charge in [-0.15, -0.1) is 12.8 Å². The van der Waals surface area contributed by atoms with Gasteiger partial charge in [-0.05, 0) is 114 Å². The van der Waals surface area contributed by atoms with Crippen LogP contribution in [0, 0.1) is 12.8 Å². The fourth-order valence-electron chi connectivity index (χ4n) is 5.75. The van der Waals surface area contributed by atoms with Crippen molar-refractivity contribution in [3.8, 4) is 12.8 Å². The zero-order valence-corrected chi connectivity index (χ0v) is 32.6. The molecule has 6 aromatic carbocycles. The number of hydrogen-bond acceptors (Lipinski definition) is 2. The summed E-state index contributed by atoms with van der Waals surface area (Å²) in [6.07, 6.45) is 17.3. The average Bonchev–Trinajstić information content (AvgIpc) is 3.22. The van der Waals surface area contributed by atoms with Crippen LogP contribution in [0.2, 0.25) is 0 Å². The normalized spacial score (nSPS) is 10.6. The molecule has 0 atom stereocenters. The molecule has 0 heterocycles. The van der Waals surface area contributed by atoms with Gasteiger partial charge in [0.05, 0.1) is 5.70 Å². The number of hydrogen-bond donors (Lipinski definition) is 0. The van der Waals surface area contributed by atoms with E-state index in [0.717, 1.165) is 45.3 Å². The van der Waals surface area contributed by atoms with Crippen molar-refractivity contribution in [3.05, 3.63) is 193 Å². The van der Waals surface area contributed by atoms with Gasteiger partial charge in [-0.2, -0.15) is 0 Å². The molecule has 0 fully saturated rings. The Morgan fingerprint density at radius 3 is 1.60 bits per heavy atom. The topological polar surface area (TPSA) is 6.48 Å². The van der Waals surface area contributed by atoms with Gasteiger partial charge in [0.15, 0.2) is 0 Å². The zero-order chi connectivity index (χ0) is 38.6. The van der Waals surface area contributed by atoms with Crippen molar-refractivity contribution in [3.63, 3.8) is 0 Å². The quantitative estimate of drug-likeness (QED) is 0.0844. The van der Waals surface area contributed by atoms with Gasteiger partial charge >= 0.3 is 0 Å². The van der Waals surface area contributed by atoms with Gasteiger partial charge in [0.2, 0.25) is 0 Å². The highest BCUT2D eigenvalue weighted by Crippen LogP contribution is 2.36. The molecular weight excluding hydrogens is 641 g/mol. The lowest BCUT2D eigenvalue weighted by atomic mass is 10.0. The molecule has 0 unspecified atom stereocenters. The summed E-state index contributed by atoms with van der Waals surface area (Å²) >= 11 is 0. The Morgan fingerprint density at radius 1 is 0.623 bits per heavy atom. The highest BCUT2D eigenvalue weighted by atomic mass is 15.1. The maximum atomic E-state index is 4.12. The fourth-order valence-corrected chi connectivity index (χ4v) is 5.75. The SMILES string of the molecule is C#C.C=CC(=C=C/C=C(\C)c1ccc(N(c2ccccc2)c2ccc3ccccc3c2)cc1)N(/C(C)=C/C)c1ccc2ccccc2c1.CC.CCC. The highest BCUT2D eigenvalue weighted by molar-refractivity contribution is 5.89. The van der Waals surface area contributed by atoms with Crippen LogP contribution in [-0.4, -0.2) is 0 Å². The van der Waals surface area contributed by atoms with Gasteiger partial charge in [-0.25, -0.2) is 0 Å². The molecule has 268 valence electrons. The Kier molecular flexibility index (Phi) is 17.0. The highest BCUT2D eigenvalue weighted by Gasteiger charge is 2.14. The second-order valence-corrected chi connectivity index (χ2v) is 12.0. The van der Waals surface area contributed by atoms with Gasteiger partial charge < -0.3 is 9.80 Å². The molecule has 0 bridgehead atoms. The fraction of sp³-hybridized carbons (Fsp3) is 0.157. The summed E-state index contributed by atoms with van der Waals surface area (Å²) in [4.78, 5) is 4.50. The molecule has 6 aromatic rings. The van der Waals surface area contributed by atoms with Crippen molar-refractivity contribution in [1.29, 1.82) is 0 Å². The number of anilines is 4. The Hall–Kier alpha value is -6.26. The molecule has 0 saturated carbocycles. The van der Waals surface area contributed by atoms with Crippen LogP contribution >= 0.6 is 0 Å². The van der Waals surface area contributed by atoms with Gasteiger partial charge in [0.25, 0.3) is 0 Å². The number of terminal acetylenes is 1. The molecule has 2 heteroatoms. The third-order valence-corrected chi connectivity index (χ3v) is 8.35. The van der Waals surface area contributed by atoms with Crippen LogP contribution < -0.4 is 9.80 Å². The molecule has 0 aliphatic carbocycles. The summed E-state index contributed by atoms with van der Waals surface area (Å²) in [6.45, 7) is 18.7. The van der Waals surface area contributed by atoms with E-state index in [2.05, 4.69) is 221 Å². The summed E-state index contributed by atoms with van der Waals surface area (Å²) < 4.78 is 0. The number of allylic oxidation sites excluding steroid dienone is 5. The summed E-state index contributed by atoms with van der Waals surface area (Å²) in [5, 5.41) is 4.88. The molecular formula is C51H54N2. The summed E-state index contributed by atoms with van der Waals surface area (Å²) in [5.74, 6) is 0. The third kappa shape index (κ3) is 10.9. The van der Waals surface area contributed by atoms with E-state index in [9.17, 15) is 0 Å². The van der Waals surface area contributed by atoms with Crippen molar-refractivity contribution >= 4 is 49.9 Å². The average molecular weight is 695 g/mol. The molecule has 0 aliphatic heterocycles. The molecule has 0 N–H and O–H groups in total. The minimum atomic E-state index is 0.888. The minimum Gasteiger partial charge on any atom is -0.310 e. The summed E-state index contributed by atoms with van der Waals surface area (Å²) in [7, 11) is 0. The molecule has 6 rings (SSSR count). The van der Waals surface area contributed by atoms with Crippen molar-refractivity contribution in [1.82, 2.24) is 0 Å². The van der Waals surface area contributed by atoms with Gasteiger partial charge in [-0.1, -0.05) is 150 Å². The minimum absolute atomic E-state index is 0.888. The van der Waals surface area contributed by atoms with Gasteiger partial charge in [-0.3, -0.25) is 0 Å². The molecule has 53 heavy (non-hydrogen) atoms. The van der Waals surface area contributed by atoms with E-state index in [1.54, 1.807) is 0 Å². The van der Waals surface area contributed by atoms with E-state index in [-0.39, 0.29) is 0 Å². The van der Waals surface area contributed by atoms with E-state index >= 15 is 0 Å². The first kappa shape index (κ1) is 41.2. The van der Waals surface area contributed by atoms with Gasteiger partial charge in [0.1, 0.15) is 0 Å². The van der Waals surface area contributed by atoms with Crippen LogP contribution in [0.15, 0.2) is 188 Å². The first-order valence-electron chi connectivity index (χ1n) is 18.4.